The van der Waals surface area contributed by atoms with Gasteiger partial charge in [0.05, 0.1) is 12.1 Å². The maximum absolute atomic E-state index is 12.9. The monoisotopic (exact) mass is 456 g/mol. The first-order valence-corrected chi connectivity index (χ1v) is 10.0. The Bertz CT molecular complexity index is 1280. The van der Waals surface area contributed by atoms with E-state index in [9.17, 15) is 20.0 Å². The van der Waals surface area contributed by atoms with Crippen LogP contribution in [0.4, 0.5) is 0 Å². The van der Waals surface area contributed by atoms with E-state index in [0.717, 1.165) is 10.1 Å². The number of ketones is 1. The molecule has 158 valence electrons. The molecule has 0 aliphatic carbocycles. The fraction of sp³-hybridized carbons (Fsp3) is 0.174. The summed E-state index contributed by atoms with van der Waals surface area (Å²) in [6.45, 7) is 2.73. The summed E-state index contributed by atoms with van der Waals surface area (Å²) in [5, 5.41) is 21.2. The van der Waals surface area contributed by atoms with Crippen molar-refractivity contribution in [3.63, 3.8) is 0 Å². The second-order valence-corrected chi connectivity index (χ2v) is 7.76. The Labute approximate surface area is 188 Å². The van der Waals surface area contributed by atoms with Gasteiger partial charge in [0.25, 0.3) is 5.56 Å². The van der Waals surface area contributed by atoms with Crippen LogP contribution in [-0.4, -0.2) is 22.1 Å². The van der Waals surface area contributed by atoms with Gasteiger partial charge in [-0.3, -0.25) is 14.2 Å². The van der Waals surface area contributed by atoms with E-state index < -0.39 is 23.8 Å². The minimum atomic E-state index is -0.705. The Balaban J connectivity index is 2.01. The summed E-state index contributed by atoms with van der Waals surface area (Å²) < 4.78 is 6.55. The number of aryl methyl sites for hydroxylation is 1. The number of carbonyl (C=O) groups excluding carboxylic acids is 1. The Morgan fingerprint density at radius 3 is 2.55 bits per heavy atom. The standard InChI is InChI=1S/C23H18Cl2N2O4/c1-13-9-16(24)7-8-20(13)31-12-19(28)21-14(2)17(10-26)22(29)27(23(21)30)11-15-5-3-4-6-18(15)25/h3-9,30H,11-12H2,1-2H3. The van der Waals surface area contributed by atoms with Gasteiger partial charge in [-0.1, -0.05) is 41.4 Å². The van der Waals surface area contributed by atoms with Crippen molar-refractivity contribution in [1.82, 2.24) is 4.57 Å². The molecule has 0 amide bonds. The van der Waals surface area contributed by atoms with Gasteiger partial charge in [-0.05, 0) is 54.8 Å². The zero-order valence-corrected chi connectivity index (χ0v) is 18.3. The van der Waals surface area contributed by atoms with Gasteiger partial charge < -0.3 is 9.84 Å². The molecule has 0 fully saturated rings. The summed E-state index contributed by atoms with van der Waals surface area (Å²) in [6, 6.07) is 13.6. The average molecular weight is 457 g/mol. The van der Waals surface area contributed by atoms with Gasteiger partial charge in [0.15, 0.2) is 6.61 Å². The molecular weight excluding hydrogens is 439 g/mol. The third-order valence-electron chi connectivity index (χ3n) is 4.86. The molecule has 3 aromatic rings. The molecule has 0 radical (unpaired) electrons. The lowest BCUT2D eigenvalue weighted by molar-refractivity contribution is 0.0916. The Morgan fingerprint density at radius 2 is 1.90 bits per heavy atom. The van der Waals surface area contributed by atoms with E-state index in [1.54, 1.807) is 49.4 Å². The number of nitrogens with zero attached hydrogens (tertiary/aromatic N) is 2. The normalized spacial score (nSPS) is 10.5. The first-order valence-electron chi connectivity index (χ1n) is 9.26. The highest BCUT2D eigenvalue weighted by molar-refractivity contribution is 6.31. The van der Waals surface area contributed by atoms with Crippen molar-refractivity contribution < 1.29 is 14.6 Å². The Morgan fingerprint density at radius 1 is 1.19 bits per heavy atom. The third-order valence-corrected chi connectivity index (χ3v) is 5.46. The first-order chi connectivity index (χ1) is 14.7. The van der Waals surface area contributed by atoms with E-state index in [4.69, 9.17) is 27.9 Å². The van der Waals surface area contributed by atoms with Crippen molar-refractivity contribution in [3.8, 4) is 17.7 Å². The molecule has 0 spiro atoms. The molecule has 0 saturated carbocycles. The van der Waals surface area contributed by atoms with E-state index in [-0.39, 0.29) is 23.2 Å². The van der Waals surface area contributed by atoms with Crippen LogP contribution in [-0.2, 0) is 6.54 Å². The molecule has 0 aliphatic heterocycles. The number of pyridine rings is 1. The molecule has 31 heavy (non-hydrogen) atoms. The van der Waals surface area contributed by atoms with Gasteiger partial charge in [-0.15, -0.1) is 0 Å². The Hall–Kier alpha value is -3.27. The van der Waals surface area contributed by atoms with Crippen molar-refractivity contribution in [1.29, 1.82) is 5.26 Å². The molecular formula is C23H18Cl2N2O4. The quantitative estimate of drug-likeness (QED) is 0.544. The number of ether oxygens (including phenoxy) is 1. The largest absolute Gasteiger partial charge is 0.494 e. The van der Waals surface area contributed by atoms with Crippen LogP contribution in [0.15, 0.2) is 47.3 Å². The van der Waals surface area contributed by atoms with E-state index in [1.165, 1.54) is 6.92 Å². The van der Waals surface area contributed by atoms with Gasteiger partial charge in [-0.25, -0.2) is 0 Å². The number of hydrogen-bond donors (Lipinski definition) is 1. The number of nitriles is 1. The van der Waals surface area contributed by atoms with E-state index >= 15 is 0 Å². The maximum Gasteiger partial charge on any atom is 0.271 e. The highest BCUT2D eigenvalue weighted by Crippen LogP contribution is 2.26. The topological polar surface area (TPSA) is 92.3 Å². The van der Waals surface area contributed by atoms with Gasteiger partial charge >= 0.3 is 0 Å². The summed E-state index contributed by atoms with van der Waals surface area (Å²) in [5.74, 6) is -0.656. The van der Waals surface area contributed by atoms with E-state index in [2.05, 4.69) is 0 Å². The predicted molar refractivity (Wildman–Crippen MR) is 118 cm³/mol. The highest BCUT2D eigenvalue weighted by Gasteiger charge is 2.24. The van der Waals surface area contributed by atoms with Crippen LogP contribution < -0.4 is 10.3 Å². The highest BCUT2D eigenvalue weighted by atomic mass is 35.5. The number of benzene rings is 2. The van der Waals surface area contributed by atoms with Gasteiger partial charge in [0, 0.05) is 10.0 Å². The molecule has 1 heterocycles. The number of carbonyl (C=O) groups is 1. The SMILES string of the molecule is Cc1cc(Cl)ccc1OCC(=O)c1c(C)c(C#N)c(=O)n(Cc2ccccc2Cl)c1O. The van der Waals surface area contributed by atoms with Crippen molar-refractivity contribution in [3.05, 3.63) is 90.7 Å². The molecule has 2 aromatic carbocycles. The van der Waals surface area contributed by atoms with Crippen LogP contribution in [0.2, 0.25) is 10.0 Å². The van der Waals surface area contributed by atoms with Crippen LogP contribution >= 0.6 is 23.2 Å². The summed E-state index contributed by atoms with van der Waals surface area (Å²) in [6.07, 6.45) is 0. The fourth-order valence-electron chi connectivity index (χ4n) is 3.22. The Kier molecular flexibility index (Phi) is 6.69. The number of aromatic nitrogens is 1. The minimum absolute atomic E-state index is 0.0989. The maximum atomic E-state index is 12.9. The average Bonchev–Trinajstić information content (AvgIpc) is 2.72. The van der Waals surface area contributed by atoms with Crippen LogP contribution in [0.3, 0.4) is 0 Å². The number of rotatable bonds is 6. The lowest BCUT2D eigenvalue weighted by Crippen LogP contribution is -2.28. The predicted octanol–water partition coefficient (Wildman–Crippen LogP) is 4.66. The molecule has 8 heteroatoms. The number of Topliss-reactive ketones (excluding diaryl/α,β-unsaturated/α-hetero) is 1. The summed E-state index contributed by atoms with van der Waals surface area (Å²) in [5.41, 5.74) is 0.319. The number of hydrogen-bond acceptors (Lipinski definition) is 5. The van der Waals surface area contributed by atoms with Crippen molar-refractivity contribution in [2.24, 2.45) is 0 Å². The molecule has 0 unspecified atom stereocenters. The van der Waals surface area contributed by atoms with E-state index in [0.29, 0.717) is 21.4 Å². The number of halogens is 2. The first kappa shape index (κ1) is 22.4. The molecule has 3 rings (SSSR count). The molecule has 1 N–H and O–H groups in total. The fourth-order valence-corrected chi connectivity index (χ4v) is 3.64. The molecule has 1 aromatic heterocycles. The number of aromatic hydroxyl groups is 1. The molecule has 0 bridgehead atoms. The van der Waals surface area contributed by atoms with Crippen LogP contribution in [0.1, 0.15) is 32.6 Å². The van der Waals surface area contributed by atoms with Gasteiger partial charge in [0.2, 0.25) is 11.7 Å². The van der Waals surface area contributed by atoms with Gasteiger partial charge in [-0.2, -0.15) is 5.26 Å². The lowest BCUT2D eigenvalue weighted by atomic mass is 10.0. The van der Waals surface area contributed by atoms with Crippen LogP contribution in [0, 0.1) is 25.2 Å². The smallest absolute Gasteiger partial charge is 0.271 e. The molecule has 0 atom stereocenters. The van der Waals surface area contributed by atoms with Gasteiger partial charge in [0.1, 0.15) is 17.4 Å². The summed E-state index contributed by atoms with van der Waals surface area (Å²) in [4.78, 5) is 25.7. The molecule has 0 aliphatic rings. The summed E-state index contributed by atoms with van der Waals surface area (Å²) in [7, 11) is 0. The second-order valence-electron chi connectivity index (χ2n) is 6.91. The van der Waals surface area contributed by atoms with Crippen molar-refractivity contribution in [2.75, 3.05) is 6.61 Å². The zero-order chi connectivity index (χ0) is 22.7. The zero-order valence-electron chi connectivity index (χ0n) is 16.8. The third kappa shape index (κ3) is 4.58. The van der Waals surface area contributed by atoms with Crippen molar-refractivity contribution >= 4 is 29.0 Å². The van der Waals surface area contributed by atoms with Crippen LogP contribution in [0.25, 0.3) is 0 Å². The minimum Gasteiger partial charge on any atom is -0.494 e. The van der Waals surface area contributed by atoms with Crippen LogP contribution in [0.5, 0.6) is 11.6 Å². The molecule has 6 nitrogen and oxygen atoms in total. The molecule has 0 saturated heterocycles. The van der Waals surface area contributed by atoms with E-state index in [1.807, 2.05) is 6.07 Å². The van der Waals surface area contributed by atoms with Crippen molar-refractivity contribution in [2.45, 2.75) is 20.4 Å². The lowest BCUT2D eigenvalue weighted by Gasteiger charge is -2.16. The second kappa shape index (κ2) is 9.25. The summed E-state index contributed by atoms with van der Waals surface area (Å²) >= 11 is 12.1.